The maximum atomic E-state index is 12.0. The molecule has 2 amide bonds. The molecule has 0 aliphatic heterocycles. The number of rotatable bonds is 4. The van der Waals surface area contributed by atoms with E-state index in [1.807, 2.05) is 55.5 Å². The Kier molecular flexibility index (Phi) is 4.72. The van der Waals surface area contributed by atoms with E-state index < -0.39 is 0 Å². The first-order valence-corrected chi connectivity index (χ1v) is 8.08. The molecule has 2 N–H and O–H groups in total. The molecule has 0 saturated carbocycles. The Morgan fingerprint density at radius 2 is 1.71 bits per heavy atom. The third-order valence-electron chi connectivity index (χ3n) is 3.29. The second kappa shape index (κ2) is 7.10. The minimum atomic E-state index is -0.351. The summed E-state index contributed by atoms with van der Waals surface area (Å²) in [5, 5.41) is 14.7. The number of methoxy groups -OCH3 is 1. The number of nitrogens with one attached hydrogen (secondary N) is 2. The fourth-order valence-electron chi connectivity index (χ4n) is 2.02. The van der Waals surface area contributed by atoms with Crippen LogP contribution in [0, 0.1) is 6.92 Å². The zero-order valence-electron chi connectivity index (χ0n) is 13.2. The Hall–Kier alpha value is -2.93. The van der Waals surface area contributed by atoms with Gasteiger partial charge in [0.05, 0.1) is 7.11 Å². The van der Waals surface area contributed by atoms with Crippen LogP contribution in [0.5, 0.6) is 5.75 Å². The minimum Gasteiger partial charge on any atom is -0.497 e. The summed E-state index contributed by atoms with van der Waals surface area (Å²) in [5.74, 6) is 0.777. The van der Waals surface area contributed by atoms with Crippen molar-refractivity contribution in [2.45, 2.75) is 6.92 Å². The normalized spacial score (nSPS) is 10.2. The van der Waals surface area contributed by atoms with Gasteiger partial charge in [0, 0.05) is 11.3 Å². The van der Waals surface area contributed by atoms with E-state index in [-0.39, 0.29) is 6.03 Å². The molecule has 0 bridgehead atoms. The summed E-state index contributed by atoms with van der Waals surface area (Å²) >= 11 is 1.31. The molecule has 7 heteroatoms. The number of hydrogen-bond acceptors (Lipinski definition) is 5. The summed E-state index contributed by atoms with van der Waals surface area (Å²) in [6.45, 7) is 1.99. The summed E-state index contributed by atoms with van der Waals surface area (Å²) in [7, 11) is 1.62. The number of urea groups is 1. The van der Waals surface area contributed by atoms with Crippen molar-refractivity contribution in [2.75, 3.05) is 17.7 Å². The molecular weight excluding hydrogens is 324 g/mol. The van der Waals surface area contributed by atoms with E-state index in [0.29, 0.717) is 5.13 Å². The van der Waals surface area contributed by atoms with Crippen molar-refractivity contribution < 1.29 is 9.53 Å². The van der Waals surface area contributed by atoms with Gasteiger partial charge in [-0.15, -0.1) is 10.2 Å². The topological polar surface area (TPSA) is 76.1 Å². The molecule has 0 aliphatic carbocycles. The fraction of sp³-hybridized carbons (Fsp3) is 0.118. The summed E-state index contributed by atoms with van der Waals surface area (Å²) in [5.41, 5.74) is 2.77. The molecule has 1 heterocycles. The highest BCUT2D eigenvalue weighted by molar-refractivity contribution is 7.18. The number of nitrogens with zero attached hydrogens (tertiary/aromatic N) is 2. The van der Waals surface area contributed by atoms with Crippen molar-refractivity contribution in [2.24, 2.45) is 0 Å². The van der Waals surface area contributed by atoms with Gasteiger partial charge in [-0.3, -0.25) is 5.32 Å². The van der Waals surface area contributed by atoms with Crippen LogP contribution in [0.1, 0.15) is 5.56 Å². The largest absolute Gasteiger partial charge is 0.497 e. The van der Waals surface area contributed by atoms with Crippen molar-refractivity contribution in [3.63, 3.8) is 0 Å². The van der Waals surface area contributed by atoms with Gasteiger partial charge < -0.3 is 10.1 Å². The first-order valence-electron chi connectivity index (χ1n) is 7.26. The lowest BCUT2D eigenvalue weighted by Gasteiger charge is -2.05. The predicted octanol–water partition coefficient (Wildman–Crippen LogP) is 4.17. The number of anilines is 2. The molecule has 1 aromatic heterocycles. The molecule has 0 fully saturated rings. The van der Waals surface area contributed by atoms with E-state index in [1.165, 1.54) is 11.3 Å². The number of aryl methyl sites for hydroxylation is 1. The van der Waals surface area contributed by atoms with Crippen LogP contribution in [0.25, 0.3) is 10.6 Å². The predicted molar refractivity (Wildman–Crippen MR) is 95.7 cm³/mol. The molecule has 3 rings (SSSR count). The molecule has 6 nitrogen and oxygen atoms in total. The molecule has 2 aromatic carbocycles. The highest BCUT2D eigenvalue weighted by Crippen LogP contribution is 2.27. The van der Waals surface area contributed by atoms with Gasteiger partial charge in [-0.25, -0.2) is 4.79 Å². The van der Waals surface area contributed by atoms with Crippen LogP contribution in [0.15, 0.2) is 48.5 Å². The highest BCUT2D eigenvalue weighted by Gasteiger charge is 2.10. The van der Waals surface area contributed by atoms with Gasteiger partial charge in [-0.05, 0) is 43.3 Å². The number of aromatic nitrogens is 2. The van der Waals surface area contributed by atoms with E-state index in [1.54, 1.807) is 7.11 Å². The SMILES string of the molecule is COc1ccc(-c2nnc(NC(=O)Nc3ccc(C)cc3)s2)cc1. The van der Waals surface area contributed by atoms with E-state index in [0.717, 1.165) is 27.6 Å². The van der Waals surface area contributed by atoms with Crippen molar-refractivity contribution in [3.8, 4) is 16.3 Å². The van der Waals surface area contributed by atoms with Crippen LogP contribution in [-0.4, -0.2) is 23.3 Å². The van der Waals surface area contributed by atoms with Crippen molar-refractivity contribution in [3.05, 3.63) is 54.1 Å². The standard InChI is InChI=1S/C17H16N4O2S/c1-11-3-7-13(8-4-11)18-16(22)19-17-21-20-15(24-17)12-5-9-14(23-2)10-6-12/h3-10H,1-2H3,(H2,18,19,21,22). The van der Waals surface area contributed by atoms with E-state index in [4.69, 9.17) is 4.74 Å². The summed E-state index contributed by atoms with van der Waals surface area (Å²) in [6, 6.07) is 14.7. The molecule has 0 radical (unpaired) electrons. The lowest BCUT2D eigenvalue weighted by molar-refractivity contribution is 0.262. The Morgan fingerprint density at radius 1 is 1.00 bits per heavy atom. The average molecular weight is 340 g/mol. The van der Waals surface area contributed by atoms with E-state index in [9.17, 15) is 4.79 Å². The first kappa shape index (κ1) is 15.9. The number of ether oxygens (including phenoxy) is 1. The monoisotopic (exact) mass is 340 g/mol. The van der Waals surface area contributed by atoms with Gasteiger partial charge in [0.1, 0.15) is 10.8 Å². The molecule has 3 aromatic rings. The quantitative estimate of drug-likeness (QED) is 0.747. The van der Waals surface area contributed by atoms with Crippen LogP contribution in [0.4, 0.5) is 15.6 Å². The zero-order chi connectivity index (χ0) is 16.9. The summed E-state index contributed by atoms with van der Waals surface area (Å²) in [6.07, 6.45) is 0. The smallest absolute Gasteiger partial charge is 0.325 e. The maximum absolute atomic E-state index is 12.0. The number of benzene rings is 2. The molecule has 0 saturated heterocycles. The molecule has 24 heavy (non-hydrogen) atoms. The summed E-state index contributed by atoms with van der Waals surface area (Å²) in [4.78, 5) is 12.0. The summed E-state index contributed by atoms with van der Waals surface area (Å²) < 4.78 is 5.13. The zero-order valence-corrected chi connectivity index (χ0v) is 14.1. The van der Waals surface area contributed by atoms with Crippen molar-refractivity contribution in [1.29, 1.82) is 0 Å². The Labute approximate surface area is 143 Å². The number of carbonyl (C=O) groups excluding carboxylic acids is 1. The molecule has 0 aliphatic rings. The van der Waals surface area contributed by atoms with Gasteiger partial charge in [-0.1, -0.05) is 29.0 Å². The third kappa shape index (κ3) is 3.88. The van der Waals surface area contributed by atoms with Crippen LogP contribution < -0.4 is 15.4 Å². The minimum absolute atomic E-state index is 0.351. The number of carbonyl (C=O) groups is 1. The van der Waals surface area contributed by atoms with Gasteiger partial charge in [-0.2, -0.15) is 0 Å². The van der Waals surface area contributed by atoms with E-state index >= 15 is 0 Å². The lowest BCUT2D eigenvalue weighted by atomic mass is 10.2. The average Bonchev–Trinajstić information content (AvgIpc) is 3.05. The van der Waals surface area contributed by atoms with Gasteiger partial charge in [0.25, 0.3) is 0 Å². The first-order chi connectivity index (χ1) is 11.6. The Morgan fingerprint density at radius 3 is 2.38 bits per heavy atom. The number of hydrogen-bond donors (Lipinski definition) is 2. The van der Waals surface area contributed by atoms with Crippen LogP contribution in [-0.2, 0) is 0 Å². The highest BCUT2D eigenvalue weighted by atomic mass is 32.1. The van der Waals surface area contributed by atoms with Gasteiger partial charge >= 0.3 is 6.03 Å². The van der Waals surface area contributed by atoms with Gasteiger partial charge in [0.2, 0.25) is 5.13 Å². The Bertz CT molecular complexity index is 829. The Balaban J connectivity index is 1.64. The molecule has 122 valence electrons. The van der Waals surface area contributed by atoms with Crippen LogP contribution in [0.2, 0.25) is 0 Å². The van der Waals surface area contributed by atoms with Crippen molar-refractivity contribution in [1.82, 2.24) is 10.2 Å². The maximum Gasteiger partial charge on any atom is 0.325 e. The number of amides is 2. The van der Waals surface area contributed by atoms with Crippen LogP contribution >= 0.6 is 11.3 Å². The third-order valence-corrected chi connectivity index (χ3v) is 4.18. The van der Waals surface area contributed by atoms with E-state index in [2.05, 4.69) is 20.8 Å². The molecular formula is C17H16N4O2S. The second-order valence-corrected chi connectivity index (χ2v) is 6.06. The molecule has 0 unspecified atom stereocenters. The second-order valence-electron chi connectivity index (χ2n) is 5.09. The van der Waals surface area contributed by atoms with Crippen LogP contribution in [0.3, 0.4) is 0 Å². The van der Waals surface area contributed by atoms with Gasteiger partial charge in [0.15, 0.2) is 0 Å². The van der Waals surface area contributed by atoms with Crippen molar-refractivity contribution >= 4 is 28.2 Å². The molecule has 0 atom stereocenters. The molecule has 0 spiro atoms. The lowest BCUT2D eigenvalue weighted by Crippen LogP contribution is -2.19. The fourth-order valence-corrected chi connectivity index (χ4v) is 2.76.